The molecule has 0 aliphatic rings. The molecule has 1 N–H and O–H groups in total. The van der Waals surface area contributed by atoms with E-state index in [0.29, 0.717) is 11.6 Å². The van der Waals surface area contributed by atoms with Crippen molar-refractivity contribution >= 4 is 38.3 Å². The van der Waals surface area contributed by atoms with Crippen LogP contribution in [0, 0.1) is 5.41 Å². The molecule has 0 aliphatic heterocycles. The first-order valence-electron chi connectivity index (χ1n) is 6.35. The van der Waals surface area contributed by atoms with Crippen molar-refractivity contribution in [2.24, 2.45) is 5.41 Å². The largest absolute Gasteiger partial charge is 0.302 e. The van der Waals surface area contributed by atoms with E-state index in [0.717, 1.165) is 15.7 Å². The second-order valence-electron chi connectivity index (χ2n) is 5.83. The van der Waals surface area contributed by atoms with E-state index >= 15 is 0 Å². The van der Waals surface area contributed by atoms with E-state index in [-0.39, 0.29) is 11.3 Å². The van der Waals surface area contributed by atoms with Crippen LogP contribution in [0.4, 0.5) is 5.13 Å². The van der Waals surface area contributed by atoms with Crippen molar-refractivity contribution in [3.63, 3.8) is 0 Å². The number of aromatic nitrogens is 1. The number of nitrogens with zero attached hydrogens (tertiary/aromatic N) is 1. The van der Waals surface area contributed by atoms with Crippen molar-refractivity contribution in [3.8, 4) is 11.3 Å². The summed E-state index contributed by atoms with van der Waals surface area (Å²) in [4.78, 5) is 16.3. The predicted molar refractivity (Wildman–Crippen MR) is 88.0 cm³/mol. The Balaban J connectivity index is 2.08. The first-order chi connectivity index (χ1) is 9.33. The molecule has 106 valence electrons. The normalized spacial score (nSPS) is 11.4. The molecule has 0 saturated carbocycles. The van der Waals surface area contributed by atoms with Gasteiger partial charge < -0.3 is 5.32 Å². The van der Waals surface area contributed by atoms with E-state index in [1.807, 2.05) is 50.4 Å². The first kappa shape index (κ1) is 15.2. The second-order valence-corrected chi connectivity index (χ2v) is 7.61. The molecule has 1 aromatic carbocycles. The minimum Gasteiger partial charge on any atom is -0.302 e. The van der Waals surface area contributed by atoms with E-state index in [4.69, 9.17) is 0 Å². The third-order valence-corrected chi connectivity index (χ3v) is 3.81. The van der Waals surface area contributed by atoms with Crippen LogP contribution in [-0.2, 0) is 4.79 Å². The van der Waals surface area contributed by atoms with Crippen LogP contribution < -0.4 is 5.32 Å². The van der Waals surface area contributed by atoms with Gasteiger partial charge in [0.25, 0.3) is 0 Å². The van der Waals surface area contributed by atoms with Crippen molar-refractivity contribution in [2.75, 3.05) is 5.32 Å². The predicted octanol–water partition coefficient (Wildman–Crippen LogP) is 4.95. The molecule has 0 radical (unpaired) electrons. The molecule has 2 rings (SSSR count). The number of anilines is 1. The van der Waals surface area contributed by atoms with Gasteiger partial charge in [-0.15, -0.1) is 11.3 Å². The van der Waals surface area contributed by atoms with E-state index in [1.54, 1.807) is 0 Å². The maximum Gasteiger partial charge on any atom is 0.226 e. The fourth-order valence-electron chi connectivity index (χ4n) is 1.76. The Kier molecular flexibility index (Phi) is 4.60. The van der Waals surface area contributed by atoms with Gasteiger partial charge in [0.1, 0.15) is 0 Å². The molecular weight excluding hydrogens is 336 g/mol. The maximum atomic E-state index is 11.9. The van der Waals surface area contributed by atoms with Gasteiger partial charge in [0.2, 0.25) is 5.91 Å². The molecule has 0 unspecified atom stereocenters. The summed E-state index contributed by atoms with van der Waals surface area (Å²) < 4.78 is 1.02. The van der Waals surface area contributed by atoms with Gasteiger partial charge in [0, 0.05) is 21.8 Å². The maximum absolute atomic E-state index is 11.9. The number of benzene rings is 1. The topological polar surface area (TPSA) is 42.0 Å². The Morgan fingerprint density at radius 2 is 2.15 bits per heavy atom. The van der Waals surface area contributed by atoms with Crippen LogP contribution in [0.15, 0.2) is 34.1 Å². The van der Waals surface area contributed by atoms with E-state index < -0.39 is 0 Å². The molecule has 1 aromatic heterocycles. The Hall–Kier alpha value is -1.20. The zero-order chi connectivity index (χ0) is 14.8. The SMILES string of the molecule is CC(C)(C)CC(=O)Nc1nc(-c2cccc(Br)c2)cs1. The van der Waals surface area contributed by atoms with Gasteiger partial charge in [0.15, 0.2) is 5.13 Å². The number of nitrogens with one attached hydrogen (secondary N) is 1. The van der Waals surface area contributed by atoms with Crippen LogP contribution in [0.5, 0.6) is 0 Å². The third-order valence-electron chi connectivity index (χ3n) is 2.56. The highest BCUT2D eigenvalue weighted by molar-refractivity contribution is 9.10. The van der Waals surface area contributed by atoms with Gasteiger partial charge in [-0.25, -0.2) is 4.98 Å². The number of rotatable bonds is 3. The lowest BCUT2D eigenvalue weighted by Gasteiger charge is -2.16. The highest BCUT2D eigenvalue weighted by atomic mass is 79.9. The van der Waals surface area contributed by atoms with Crippen molar-refractivity contribution < 1.29 is 4.79 Å². The highest BCUT2D eigenvalue weighted by Gasteiger charge is 2.17. The van der Waals surface area contributed by atoms with Crippen molar-refractivity contribution in [1.29, 1.82) is 0 Å². The smallest absolute Gasteiger partial charge is 0.226 e. The summed E-state index contributed by atoms with van der Waals surface area (Å²) in [6, 6.07) is 7.95. The fraction of sp³-hybridized carbons (Fsp3) is 0.333. The molecule has 3 nitrogen and oxygen atoms in total. The van der Waals surface area contributed by atoms with Gasteiger partial charge >= 0.3 is 0 Å². The summed E-state index contributed by atoms with van der Waals surface area (Å²) in [7, 11) is 0. The third kappa shape index (κ3) is 4.42. The fourth-order valence-corrected chi connectivity index (χ4v) is 2.89. The van der Waals surface area contributed by atoms with E-state index in [9.17, 15) is 4.79 Å². The van der Waals surface area contributed by atoms with Gasteiger partial charge in [-0.2, -0.15) is 0 Å². The first-order valence-corrected chi connectivity index (χ1v) is 8.02. The Bertz CT molecular complexity index is 616. The molecule has 1 heterocycles. The van der Waals surface area contributed by atoms with Gasteiger partial charge in [-0.3, -0.25) is 4.79 Å². The summed E-state index contributed by atoms with van der Waals surface area (Å²) in [6.07, 6.45) is 0.485. The van der Waals surface area contributed by atoms with Crippen molar-refractivity contribution in [3.05, 3.63) is 34.1 Å². The monoisotopic (exact) mass is 352 g/mol. The number of halogens is 1. The zero-order valence-corrected chi connectivity index (χ0v) is 14.1. The van der Waals surface area contributed by atoms with Gasteiger partial charge in [-0.1, -0.05) is 48.8 Å². The molecule has 2 aromatic rings. The number of amides is 1. The van der Waals surface area contributed by atoms with Gasteiger partial charge in [0.05, 0.1) is 5.69 Å². The highest BCUT2D eigenvalue weighted by Crippen LogP contribution is 2.27. The lowest BCUT2D eigenvalue weighted by molar-refractivity contribution is -0.117. The minimum atomic E-state index is -0.0194. The molecule has 5 heteroatoms. The Morgan fingerprint density at radius 1 is 1.40 bits per heavy atom. The Labute approximate surface area is 131 Å². The quantitative estimate of drug-likeness (QED) is 0.849. The summed E-state index contributed by atoms with van der Waals surface area (Å²) in [6.45, 7) is 6.13. The standard InChI is InChI=1S/C15H17BrN2OS/c1-15(2,3)8-13(19)18-14-17-12(9-20-14)10-5-4-6-11(16)7-10/h4-7,9H,8H2,1-3H3,(H,17,18,19). The minimum absolute atomic E-state index is 0.00708. The number of carbonyl (C=O) groups excluding carboxylic acids is 1. The number of hydrogen-bond acceptors (Lipinski definition) is 3. The van der Waals surface area contributed by atoms with E-state index in [2.05, 4.69) is 26.2 Å². The van der Waals surface area contributed by atoms with Crippen LogP contribution in [0.25, 0.3) is 11.3 Å². The average molecular weight is 353 g/mol. The summed E-state index contributed by atoms with van der Waals surface area (Å²) in [5, 5.41) is 5.46. The van der Waals surface area contributed by atoms with Crippen LogP contribution in [-0.4, -0.2) is 10.9 Å². The Morgan fingerprint density at radius 3 is 2.80 bits per heavy atom. The molecule has 0 saturated heterocycles. The zero-order valence-electron chi connectivity index (χ0n) is 11.7. The van der Waals surface area contributed by atoms with Crippen LogP contribution in [0.2, 0.25) is 0 Å². The number of carbonyl (C=O) groups is 1. The lowest BCUT2D eigenvalue weighted by atomic mass is 9.92. The van der Waals surface area contributed by atoms with Crippen molar-refractivity contribution in [2.45, 2.75) is 27.2 Å². The van der Waals surface area contributed by atoms with Crippen LogP contribution in [0.1, 0.15) is 27.2 Å². The van der Waals surface area contributed by atoms with Crippen molar-refractivity contribution in [1.82, 2.24) is 4.98 Å². The molecule has 0 atom stereocenters. The number of thiazole rings is 1. The molecule has 0 fully saturated rings. The summed E-state index contributed by atoms with van der Waals surface area (Å²) >= 11 is 4.89. The number of hydrogen-bond donors (Lipinski definition) is 1. The van der Waals surface area contributed by atoms with E-state index in [1.165, 1.54) is 11.3 Å². The van der Waals surface area contributed by atoms with Crippen LogP contribution >= 0.6 is 27.3 Å². The molecule has 0 bridgehead atoms. The molecular formula is C15H17BrN2OS. The summed E-state index contributed by atoms with van der Waals surface area (Å²) in [5.74, 6) is 0.00708. The summed E-state index contributed by atoms with van der Waals surface area (Å²) in [5.41, 5.74) is 1.89. The van der Waals surface area contributed by atoms with Gasteiger partial charge in [-0.05, 0) is 17.5 Å². The molecule has 1 amide bonds. The lowest BCUT2D eigenvalue weighted by Crippen LogP contribution is -2.19. The molecule has 20 heavy (non-hydrogen) atoms. The molecule has 0 spiro atoms. The van der Waals surface area contributed by atoms with Crippen LogP contribution in [0.3, 0.4) is 0 Å². The average Bonchev–Trinajstić information content (AvgIpc) is 2.74. The molecule has 0 aliphatic carbocycles. The second kappa shape index (κ2) is 6.06.